The van der Waals surface area contributed by atoms with E-state index in [1.54, 1.807) is 0 Å². The van der Waals surface area contributed by atoms with Gasteiger partial charge in [0.1, 0.15) is 0 Å². The molecule has 69 valence electrons. The Hall–Kier alpha value is -1.43. The van der Waals surface area contributed by atoms with Crippen LogP contribution in [0.3, 0.4) is 0 Å². The van der Waals surface area contributed by atoms with Crippen molar-refractivity contribution >= 4 is 15.5 Å². The molecule has 0 aliphatic carbocycles. The summed E-state index contributed by atoms with van der Waals surface area (Å²) in [6, 6.07) is 4.55. The molecule has 1 rings (SSSR count). The van der Waals surface area contributed by atoms with E-state index in [4.69, 9.17) is 0 Å². The number of hydrogen-bond donors (Lipinski definition) is 0. The van der Waals surface area contributed by atoms with Crippen molar-refractivity contribution in [2.75, 3.05) is 0 Å². The minimum atomic E-state index is -3.52. The molecule has 0 fully saturated rings. The van der Waals surface area contributed by atoms with E-state index in [0.29, 0.717) is 0 Å². The molecule has 0 aromatic heterocycles. The number of rotatable bonds is 2. The number of nitro benzene ring substituents is 1. The summed E-state index contributed by atoms with van der Waals surface area (Å²) < 4.78 is 21.7. The monoisotopic (exact) mass is 200 g/mol. The van der Waals surface area contributed by atoms with Crippen LogP contribution in [0.5, 0.6) is 0 Å². The van der Waals surface area contributed by atoms with E-state index in [1.165, 1.54) is 0 Å². The van der Waals surface area contributed by atoms with E-state index < -0.39 is 14.8 Å². The van der Waals surface area contributed by atoms with Gasteiger partial charge in [0.05, 0.1) is 16.1 Å². The summed E-state index contributed by atoms with van der Waals surface area (Å²) in [7, 11) is -3.52. The van der Waals surface area contributed by atoms with E-state index in [9.17, 15) is 18.5 Å². The molecule has 0 aliphatic rings. The molecule has 0 bridgehead atoms. The minimum absolute atomic E-state index is 0.0295. The number of hydrogen-bond acceptors (Lipinski definition) is 4. The summed E-state index contributed by atoms with van der Waals surface area (Å²) in [5.74, 6) is 0. The maximum absolute atomic E-state index is 10.8. The normalized spacial score (nSPS) is 11.2. The average molecular weight is 200 g/mol. The van der Waals surface area contributed by atoms with Crippen LogP contribution in [-0.2, 0) is 9.84 Å². The fourth-order valence-electron chi connectivity index (χ4n) is 0.775. The molecule has 0 unspecified atom stereocenters. The van der Waals surface area contributed by atoms with E-state index in [-0.39, 0.29) is 10.6 Å². The molecule has 0 saturated heterocycles. The van der Waals surface area contributed by atoms with Gasteiger partial charge in [-0.2, -0.15) is 0 Å². The molecule has 0 atom stereocenters. The summed E-state index contributed by atoms with van der Waals surface area (Å²) in [4.78, 5) is 9.58. The minimum Gasteiger partial charge on any atom is -0.258 e. The van der Waals surface area contributed by atoms with Crippen LogP contribution in [0, 0.1) is 16.4 Å². The van der Waals surface area contributed by atoms with Gasteiger partial charge in [0.15, 0.2) is 9.84 Å². The van der Waals surface area contributed by atoms with E-state index in [2.05, 4.69) is 6.26 Å². The van der Waals surface area contributed by atoms with Crippen LogP contribution >= 0.6 is 0 Å². The lowest BCUT2D eigenvalue weighted by atomic mass is 10.3. The summed E-state index contributed by atoms with van der Waals surface area (Å²) in [5.41, 5.74) is -0.146. The van der Waals surface area contributed by atoms with E-state index in [0.717, 1.165) is 24.3 Å². The number of nitrogens with zero attached hydrogens (tertiary/aromatic N) is 1. The molecule has 5 nitrogen and oxygen atoms in total. The largest absolute Gasteiger partial charge is 0.269 e. The Morgan fingerprint density at radius 2 is 1.69 bits per heavy atom. The van der Waals surface area contributed by atoms with Gasteiger partial charge in [0.2, 0.25) is 0 Å². The van der Waals surface area contributed by atoms with E-state index in [1.807, 2.05) is 0 Å². The number of nitro groups is 1. The molecule has 6 heteroatoms. The average Bonchev–Trinajstić information content (AvgIpc) is 2.03. The Balaban J connectivity index is 3.16. The second kappa shape index (κ2) is 3.14. The first-order valence-electron chi connectivity index (χ1n) is 3.24. The molecular weight excluding hydrogens is 194 g/mol. The molecule has 0 amide bonds. The van der Waals surface area contributed by atoms with Crippen LogP contribution in [0.15, 0.2) is 29.2 Å². The fourth-order valence-corrected chi connectivity index (χ4v) is 1.33. The van der Waals surface area contributed by atoms with Gasteiger partial charge < -0.3 is 0 Å². The smallest absolute Gasteiger partial charge is 0.258 e. The zero-order valence-electron chi connectivity index (χ0n) is 6.50. The first-order chi connectivity index (χ1) is 5.91. The first kappa shape index (κ1) is 9.66. The van der Waals surface area contributed by atoms with Crippen molar-refractivity contribution in [2.45, 2.75) is 4.90 Å². The number of non-ortho nitro benzene ring substituents is 1. The second-order valence-electron chi connectivity index (χ2n) is 2.37. The third-order valence-electron chi connectivity index (χ3n) is 1.41. The zero-order chi connectivity index (χ0) is 10.1. The highest BCUT2D eigenvalue weighted by Gasteiger charge is 2.09. The van der Waals surface area contributed by atoms with Crippen LogP contribution in [0.1, 0.15) is 0 Å². The van der Waals surface area contributed by atoms with Crippen molar-refractivity contribution in [3.05, 3.63) is 40.6 Å². The predicted molar refractivity (Wildman–Crippen MR) is 45.6 cm³/mol. The topological polar surface area (TPSA) is 77.3 Å². The van der Waals surface area contributed by atoms with Gasteiger partial charge in [-0.1, -0.05) is 0 Å². The Kier molecular flexibility index (Phi) is 2.33. The Morgan fingerprint density at radius 3 is 2.00 bits per heavy atom. The van der Waals surface area contributed by atoms with Gasteiger partial charge in [0, 0.05) is 12.1 Å². The molecule has 0 saturated carbocycles. The predicted octanol–water partition coefficient (Wildman–Crippen LogP) is 1.16. The van der Waals surface area contributed by atoms with Crippen molar-refractivity contribution in [3.8, 4) is 0 Å². The highest BCUT2D eigenvalue weighted by atomic mass is 32.2. The van der Waals surface area contributed by atoms with Crippen molar-refractivity contribution in [1.82, 2.24) is 0 Å². The van der Waals surface area contributed by atoms with Crippen molar-refractivity contribution < 1.29 is 13.3 Å². The maximum Gasteiger partial charge on any atom is 0.269 e. The fraction of sp³-hybridized carbons (Fsp3) is 0. The summed E-state index contributed by atoms with van der Waals surface area (Å²) in [6.45, 7) is 0. The van der Waals surface area contributed by atoms with Gasteiger partial charge in [-0.25, -0.2) is 8.42 Å². The van der Waals surface area contributed by atoms with Crippen LogP contribution in [0.2, 0.25) is 0 Å². The van der Waals surface area contributed by atoms with Gasteiger partial charge in [-0.3, -0.25) is 10.1 Å². The molecule has 0 heterocycles. The van der Waals surface area contributed by atoms with Crippen LogP contribution < -0.4 is 0 Å². The molecule has 1 aromatic rings. The van der Waals surface area contributed by atoms with Gasteiger partial charge in [0.25, 0.3) is 5.69 Å². The lowest BCUT2D eigenvalue weighted by molar-refractivity contribution is -0.384. The van der Waals surface area contributed by atoms with Crippen molar-refractivity contribution in [3.63, 3.8) is 0 Å². The highest BCUT2D eigenvalue weighted by molar-refractivity contribution is 7.92. The summed E-state index contributed by atoms with van der Waals surface area (Å²) in [6.07, 6.45) is 2.92. The lowest BCUT2D eigenvalue weighted by Crippen LogP contribution is -1.94. The van der Waals surface area contributed by atoms with Crippen molar-refractivity contribution in [2.24, 2.45) is 0 Å². The van der Waals surface area contributed by atoms with Crippen LogP contribution in [0.4, 0.5) is 5.69 Å². The quantitative estimate of drug-likeness (QED) is 0.530. The third-order valence-corrected chi connectivity index (χ3v) is 2.40. The summed E-state index contributed by atoms with van der Waals surface area (Å²) in [5, 5.41) is 10.2. The van der Waals surface area contributed by atoms with E-state index >= 15 is 0 Å². The molecule has 13 heavy (non-hydrogen) atoms. The highest BCUT2D eigenvalue weighted by Crippen LogP contribution is 2.15. The van der Waals surface area contributed by atoms with Crippen molar-refractivity contribution in [1.29, 1.82) is 0 Å². The standard InChI is InChI=1S/C7H6NO4S/c1-13(11,12)7-4-2-6(3-5-7)8(9)10/h2-5H,1H2. The molecule has 1 aromatic carbocycles. The Bertz CT molecular complexity index is 420. The number of benzene rings is 1. The number of sulfone groups is 1. The van der Waals surface area contributed by atoms with Gasteiger partial charge >= 0.3 is 0 Å². The Morgan fingerprint density at radius 1 is 1.23 bits per heavy atom. The summed E-state index contributed by atoms with van der Waals surface area (Å²) >= 11 is 0. The second-order valence-corrected chi connectivity index (χ2v) is 4.07. The zero-order valence-corrected chi connectivity index (χ0v) is 7.32. The Labute approximate surface area is 75.1 Å². The van der Waals surface area contributed by atoms with Crippen LogP contribution in [0.25, 0.3) is 0 Å². The van der Waals surface area contributed by atoms with Crippen LogP contribution in [-0.4, -0.2) is 13.3 Å². The molecule has 0 spiro atoms. The SMILES string of the molecule is [CH2]S(=O)(=O)c1ccc([N+](=O)[O-])cc1. The first-order valence-corrected chi connectivity index (χ1v) is 4.89. The third kappa shape index (κ3) is 2.25. The molecular formula is C7H6NO4S. The molecule has 1 radical (unpaired) electrons. The van der Waals surface area contributed by atoms with Gasteiger partial charge in [-0.15, -0.1) is 0 Å². The van der Waals surface area contributed by atoms with Gasteiger partial charge in [-0.05, 0) is 12.1 Å². The molecule has 0 N–H and O–H groups in total. The maximum atomic E-state index is 10.8. The molecule has 0 aliphatic heterocycles. The lowest BCUT2D eigenvalue weighted by Gasteiger charge is -1.95.